The van der Waals surface area contributed by atoms with Crippen molar-refractivity contribution in [3.63, 3.8) is 0 Å². The van der Waals surface area contributed by atoms with E-state index in [9.17, 15) is 8.42 Å². The zero-order chi connectivity index (χ0) is 22.3. The maximum absolute atomic E-state index is 12.9. The third-order valence-corrected chi connectivity index (χ3v) is 6.98. The first-order valence-corrected chi connectivity index (χ1v) is 11.7. The molecule has 0 aliphatic carbocycles. The topological polar surface area (TPSA) is 86.3 Å². The Hall–Kier alpha value is -2.17. The van der Waals surface area contributed by atoms with E-state index < -0.39 is 21.3 Å². The molecule has 1 saturated heterocycles. The van der Waals surface area contributed by atoms with Crippen LogP contribution < -0.4 is 14.2 Å². The standard InChI is InChI=1S/C22H30N2O6S/c1-24-22(21(16-30-24)31(25,26)23-12-7-13-27-2)18-10-11-19(20(14-18)28-3)29-15-17-8-5-4-6-9-17/h4-6,8-11,14,21-23H,7,12-13,15-16H2,1-3H3. The number of ether oxygens (including phenoxy) is 3. The third kappa shape index (κ3) is 5.96. The van der Waals surface area contributed by atoms with Gasteiger partial charge in [0.05, 0.1) is 19.8 Å². The summed E-state index contributed by atoms with van der Waals surface area (Å²) in [5.74, 6) is 1.13. The quantitative estimate of drug-likeness (QED) is 0.527. The second-order valence-corrected chi connectivity index (χ2v) is 9.28. The Bertz CT molecular complexity index is 938. The van der Waals surface area contributed by atoms with Gasteiger partial charge in [0.1, 0.15) is 11.9 Å². The average molecular weight is 451 g/mol. The Labute approximate surface area is 184 Å². The maximum atomic E-state index is 12.9. The molecular formula is C22H30N2O6S. The lowest BCUT2D eigenvalue weighted by Gasteiger charge is -2.24. The van der Waals surface area contributed by atoms with Crippen LogP contribution in [0.4, 0.5) is 0 Å². The second-order valence-electron chi connectivity index (χ2n) is 7.30. The van der Waals surface area contributed by atoms with Gasteiger partial charge in [0.15, 0.2) is 11.5 Å². The van der Waals surface area contributed by atoms with Crippen LogP contribution in [0.15, 0.2) is 48.5 Å². The predicted molar refractivity (Wildman–Crippen MR) is 117 cm³/mol. The number of benzene rings is 2. The van der Waals surface area contributed by atoms with E-state index in [1.54, 1.807) is 32.4 Å². The van der Waals surface area contributed by atoms with Crippen molar-refractivity contribution in [1.29, 1.82) is 0 Å². The van der Waals surface area contributed by atoms with Gasteiger partial charge < -0.3 is 14.2 Å². The summed E-state index contributed by atoms with van der Waals surface area (Å²) in [6.45, 7) is 1.30. The minimum atomic E-state index is -3.59. The Kier molecular flexibility index (Phi) is 8.28. The summed E-state index contributed by atoms with van der Waals surface area (Å²) >= 11 is 0. The summed E-state index contributed by atoms with van der Waals surface area (Å²) in [5.41, 5.74) is 1.82. The van der Waals surface area contributed by atoms with Gasteiger partial charge in [-0.15, -0.1) is 0 Å². The summed E-state index contributed by atoms with van der Waals surface area (Å²) in [6, 6.07) is 14.8. The lowest BCUT2D eigenvalue weighted by atomic mass is 10.0. The first kappa shape index (κ1) is 23.5. The normalized spacial score (nSPS) is 19.5. The molecule has 2 atom stereocenters. The van der Waals surface area contributed by atoms with Gasteiger partial charge in [0.25, 0.3) is 0 Å². The molecule has 31 heavy (non-hydrogen) atoms. The molecule has 3 rings (SSSR count). The van der Waals surface area contributed by atoms with Gasteiger partial charge in [-0.3, -0.25) is 4.84 Å². The molecule has 2 aromatic carbocycles. The van der Waals surface area contributed by atoms with Crippen molar-refractivity contribution in [2.45, 2.75) is 24.3 Å². The lowest BCUT2D eigenvalue weighted by Crippen LogP contribution is -2.39. The largest absolute Gasteiger partial charge is 0.493 e. The molecule has 2 aromatic rings. The van der Waals surface area contributed by atoms with Gasteiger partial charge in [-0.25, -0.2) is 13.1 Å². The van der Waals surface area contributed by atoms with Crippen LogP contribution in [0.3, 0.4) is 0 Å². The van der Waals surface area contributed by atoms with Crippen LogP contribution in [-0.4, -0.2) is 59.8 Å². The van der Waals surface area contributed by atoms with Crippen LogP contribution in [0.5, 0.6) is 11.5 Å². The minimum Gasteiger partial charge on any atom is -0.493 e. The number of methoxy groups -OCH3 is 2. The van der Waals surface area contributed by atoms with Gasteiger partial charge in [0, 0.05) is 27.3 Å². The van der Waals surface area contributed by atoms with Crippen molar-refractivity contribution in [2.24, 2.45) is 0 Å². The molecule has 0 spiro atoms. The monoisotopic (exact) mass is 450 g/mol. The van der Waals surface area contributed by atoms with Crippen LogP contribution >= 0.6 is 0 Å². The number of rotatable bonds is 11. The fourth-order valence-electron chi connectivity index (χ4n) is 3.54. The molecule has 2 unspecified atom stereocenters. The summed E-state index contributed by atoms with van der Waals surface area (Å²) < 4.78 is 44.9. The molecule has 1 aliphatic heterocycles. The van der Waals surface area contributed by atoms with Gasteiger partial charge in [-0.1, -0.05) is 36.4 Å². The van der Waals surface area contributed by atoms with E-state index in [2.05, 4.69) is 4.72 Å². The van der Waals surface area contributed by atoms with Gasteiger partial charge >= 0.3 is 0 Å². The summed E-state index contributed by atoms with van der Waals surface area (Å²) in [6.07, 6.45) is 0.602. The fraction of sp³-hybridized carbons (Fsp3) is 0.455. The SMILES string of the molecule is COCCCNS(=O)(=O)C1CON(C)C1c1ccc(OCc2ccccc2)c(OC)c1. The lowest BCUT2D eigenvalue weighted by molar-refractivity contribution is -0.110. The molecule has 0 saturated carbocycles. The average Bonchev–Trinajstić information content (AvgIpc) is 3.18. The summed E-state index contributed by atoms with van der Waals surface area (Å²) in [5, 5.41) is 0.832. The van der Waals surface area contributed by atoms with Crippen molar-refractivity contribution in [2.75, 3.05) is 41.0 Å². The van der Waals surface area contributed by atoms with E-state index in [0.717, 1.165) is 11.1 Å². The van der Waals surface area contributed by atoms with Gasteiger partial charge in [-0.2, -0.15) is 5.06 Å². The fourth-order valence-corrected chi connectivity index (χ4v) is 5.09. The first-order valence-electron chi connectivity index (χ1n) is 10.1. The van der Waals surface area contributed by atoms with E-state index in [0.29, 0.717) is 37.7 Å². The highest BCUT2D eigenvalue weighted by atomic mass is 32.2. The molecule has 1 N–H and O–H groups in total. The van der Waals surface area contributed by atoms with Crippen molar-refractivity contribution in [1.82, 2.24) is 9.79 Å². The molecule has 0 aromatic heterocycles. The zero-order valence-electron chi connectivity index (χ0n) is 18.1. The van der Waals surface area contributed by atoms with Gasteiger partial charge in [0.2, 0.25) is 10.0 Å². The first-order chi connectivity index (χ1) is 15.0. The van der Waals surface area contributed by atoms with Gasteiger partial charge in [-0.05, 0) is 29.7 Å². The number of nitrogens with zero attached hydrogens (tertiary/aromatic N) is 1. The van der Waals surface area contributed by atoms with E-state index in [1.165, 1.54) is 0 Å². The highest BCUT2D eigenvalue weighted by molar-refractivity contribution is 7.90. The zero-order valence-corrected chi connectivity index (χ0v) is 18.9. The van der Waals surface area contributed by atoms with Crippen LogP contribution in [0.25, 0.3) is 0 Å². The summed E-state index contributed by atoms with van der Waals surface area (Å²) in [7, 11) is 1.30. The van der Waals surface area contributed by atoms with Crippen LogP contribution in [0.2, 0.25) is 0 Å². The van der Waals surface area contributed by atoms with Crippen molar-refractivity contribution < 1.29 is 27.5 Å². The van der Waals surface area contributed by atoms with E-state index in [4.69, 9.17) is 19.0 Å². The van der Waals surface area contributed by atoms with Crippen molar-refractivity contribution >= 4 is 10.0 Å². The Balaban J connectivity index is 1.76. The molecule has 1 heterocycles. The van der Waals surface area contributed by atoms with Crippen LogP contribution in [-0.2, 0) is 26.2 Å². The molecule has 0 radical (unpaired) electrons. The molecule has 0 bridgehead atoms. The number of hydrogen-bond donors (Lipinski definition) is 1. The summed E-state index contributed by atoms with van der Waals surface area (Å²) in [4.78, 5) is 5.57. The van der Waals surface area contributed by atoms with Crippen LogP contribution in [0, 0.1) is 0 Å². The molecule has 1 fully saturated rings. The smallest absolute Gasteiger partial charge is 0.218 e. The highest BCUT2D eigenvalue weighted by Crippen LogP contribution is 2.38. The van der Waals surface area contributed by atoms with Crippen LogP contribution in [0.1, 0.15) is 23.6 Å². The second kappa shape index (κ2) is 10.9. The molecular weight excluding hydrogens is 420 g/mol. The highest BCUT2D eigenvalue weighted by Gasteiger charge is 2.43. The van der Waals surface area contributed by atoms with E-state index >= 15 is 0 Å². The molecule has 1 aliphatic rings. The minimum absolute atomic E-state index is 0.0787. The Morgan fingerprint density at radius 3 is 2.61 bits per heavy atom. The van der Waals surface area contributed by atoms with E-state index in [-0.39, 0.29) is 6.61 Å². The number of hydrogen-bond acceptors (Lipinski definition) is 7. The van der Waals surface area contributed by atoms with E-state index in [1.807, 2.05) is 42.5 Å². The van der Waals surface area contributed by atoms with Crippen molar-refractivity contribution in [3.8, 4) is 11.5 Å². The molecule has 8 nitrogen and oxygen atoms in total. The maximum Gasteiger partial charge on any atom is 0.218 e. The number of hydroxylamine groups is 2. The molecule has 9 heteroatoms. The van der Waals surface area contributed by atoms with Crippen molar-refractivity contribution in [3.05, 3.63) is 59.7 Å². The predicted octanol–water partition coefficient (Wildman–Crippen LogP) is 2.52. The molecule has 170 valence electrons. The number of sulfonamides is 1. The Morgan fingerprint density at radius 1 is 1.13 bits per heavy atom. The Morgan fingerprint density at radius 2 is 1.90 bits per heavy atom. The third-order valence-electron chi connectivity index (χ3n) is 5.18. The molecule has 0 amide bonds. The number of nitrogens with one attached hydrogen (secondary N) is 1.